The number of hydrogen-bond donors (Lipinski definition) is 0. The summed E-state index contributed by atoms with van der Waals surface area (Å²) in [4.78, 5) is 18.4. The normalized spacial score (nSPS) is 21.8. The smallest absolute Gasteiger partial charge is 1.00 e. The number of nitrogens with zero attached hydrogens (tertiary/aromatic N) is 4. The predicted molar refractivity (Wildman–Crippen MR) is 107 cm³/mol. The second kappa shape index (κ2) is 6.00. The van der Waals surface area contributed by atoms with E-state index in [0.717, 1.165) is 45.6 Å². The summed E-state index contributed by atoms with van der Waals surface area (Å²) in [6.45, 7) is 0. The molecular weight excluding hydrogens is 305 g/mol. The van der Waals surface area contributed by atoms with E-state index in [1.54, 1.807) is 0 Å². The molecular formula is C20H14BeN4. The summed E-state index contributed by atoms with van der Waals surface area (Å²) in [5, 5.41) is 0. The van der Waals surface area contributed by atoms with Gasteiger partial charge in [-0.05, 0) is 72.9 Å². The van der Waals surface area contributed by atoms with E-state index in [9.17, 15) is 0 Å². The third-order valence-electron chi connectivity index (χ3n) is 3.92. The van der Waals surface area contributed by atoms with Crippen molar-refractivity contribution >= 4 is 33.0 Å². The molecule has 0 N–H and O–H groups in total. The van der Waals surface area contributed by atoms with Gasteiger partial charge < -0.3 is 2.85 Å². The first kappa shape index (κ1) is 15.3. The summed E-state index contributed by atoms with van der Waals surface area (Å²) in [5.74, 6) is 0. The Morgan fingerprint density at radius 2 is 0.640 bits per heavy atom. The van der Waals surface area contributed by atoms with Gasteiger partial charge in [0, 0.05) is 0 Å². The van der Waals surface area contributed by atoms with Gasteiger partial charge in [0.2, 0.25) is 0 Å². The van der Waals surface area contributed by atoms with Gasteiger partial charge in [-0.1, -0.05) is 0 Å². The first-order valence-electron chi connectivity index (χ1n) is 7.74. The van der Waals surface area contributed by atoms with Crippen molar-refractivity contribution in [1.29, 1.82) is 0 Å². The van der Waals surface area contributed by atoms with Gasteiger partial charge in [-0.25, -0.2) is 20.0 Å². The molecule has 8 bridgehead atoms. The van der Waals surface area contributed by atoms with Crippen molar-refractivity contribution in [3.05, 3.63) is 95.7 Å². The first-order chi connectivity index (χ1) is 11.8. The maximum Gasteiger partial charge on any atom is 2.00 e. The predicted octanol–water partition coefficient (Wildman–Crippen LogP) is 3.42. The van der Waals surface area contributed by atoms with Crippen LogP contribution in [0.2, 0.25) is 0 Å². The van der Waals surface area contributed by atoms with E-state index in [1.165, 1.54) is 0 Å². The zero-order valence-electron chi connectivity index (χ0n) is 15.4. The van der Waals surface area contributed by atoms with Crippen LogP contribution in [0.1, 0.15) is 2.85 Å². The minimum absolute atomic E-state index is 0. The van der Waals surface area contributed by atoms with Crippen LogP contribution in [-0.4, -0.2) is 33.0 Å². The molecule has 4 nitrogen and oxygen atoms in total. The average molecular weight is 319 g/mol. The van der Waals surface area contributed by atoms with E-state index in [-0.39, 0.29) is 13.0 Å². The zero-order chi connectivity index (χ0) is 15.9. The number of allylic oxidation sites excluding steroid dienone is 12. The van der Waals surface area contributed by atoms with Crippen LogP contribution in [-0.2, 0) is 0 Å². The molecule has 5 rings (SSSR count). The Hall–Kier alpha value is -3.23. The van der Waals surface area contributed by atoms with Gasteiger partial charge in [-0.3, -0.25) is 0 Å². The van der Waals surface area contributed by atoms with Crippen LogP contribution in [0.3, 0.4) is 0 Å². The fraction of sp³-hybridized carbons (Fsp3) is 0. The Morgan fingerprint density at radius 1 is 0.400 bits per heavy atom. The molecule has 0 radical (unpaired) electrons. The Labute approximate surface area is 152 Å². The topological polar surface area (TPSA) is 49.4 Å². The molecule has 0 aromatic heterocycles. The third kappa shape index (κ3) is 3.08. The number of rotatable bonds is 0. The molecule has 0 saturated heterocycles. The molecule has 5 heteroatoms. The minimum atomic E-state index is 0. The first-order valence-corrected chi connectivity index (χ1v) is 7.74. The second-order valence-corrected chi connectivity index (χ2v) is 5.76. The van der Waals surface area contributed by atoms with Crippen LogP contribution in [0.15, 0.2) is 116 Å². The van der Waals surface area contributed by atoms with Gasteiger partial charge in [-0.2, -0.15) is 0 Å². The molecule has 0 aromatic carbocycles. The maximum absolute atomic E-state index is 4.59. The molecule has 5 aliphatic heterocycles. The average Bonchev–Trinajstić information content (AvgIpc) is 3.32. The van der Waals surface area contributed by atoms with E-state index in [0.29, 0.717) is 0 Å². The van der Waals surface area contributed by atoms with E-state index >= 15 is 0 Å². The Bertz CT molecular complexity index is 858. The second-order valence-electron chi connectivity index (χ2n) is 5.76. The molecule has 5 aliphatic rings. The molecule has 116 valence electrons. The molecule has 25 heavy (non-hydrogen) atoms. The van der Waals surface area contributed by atoms with Crippen molar-refractivity contribution in [3.8, 4) is 0 Å². The van der Waals surface area contributed by atoms with Crippen molar-refractivity contribution in [1.82, 2.24) is 0 Å². The molecule has 0 aromatic rings. The molecule has 0 atom stereocenters. The Kier molecular flexibility index (Phi) is 3.68. The molecule has 0 saturated carbocycles. The monoisotopic (exact) mass is 319 g/mol. The van der Waals surface area contributed by atoms with Gasteiger partial charge in [-0.15, -0.1) is 0 Å². The summed E-state index contributed by atoms with van der Waals surface area (Å²) in [7, 11) is 0. The molecule has 0 unspecified atom stereocenters. The van der Waals surface area contributed by atoms with Crippen molar-refractivity contribution in [3.63, 3.8) is 0 Å². The number of aliphatic imine (C=N–C) groups is 4. The summed E-state index contributed by atoms with van der Waals surface area (Å²) in [5.41, 5.74) is 7.15. The van der Waals surface area contributed by atoms with Crippen LogP contribution >= 0.6 is 0 Å². The SMILES string of the molecule is C1=CC2=NC1=CC1=NC(=CC3=NC(=CC4=NC(=C2)C=C4)C=C3)C=C1.[Be+2].[H-].[H-]. The minimum Gasteiger partial charge on any atom is -1.00 e. The van der Waals surface area contributed by atoms with Crippen LogP contribution in [0, 0.1) is 0 Å². The van der Waals surface area contributed by atoms with Crippen molar-refractivity contribution < 1.29 is 2.85 Å². The van der Waals surface area contributed by atoms with Gasteiger partial charge in [0.25, 0.3) is 0 Å². The molecule has 0 amide bonds. The van der Waals surface area contributed by atoms with Crippen LogP contribution in [0.25, 0.3) is 0 Å². The Balaban J connectivity index is 0.000000871. The maximum atomic E-state index is 4.59. The summed E-state index contributed by atoms with van der Waals surface area (Å²) >= 11 is 0. The summed E-state index contributed by atoms with van der Waals surface area (Å²) in [6, 6.07) is 0. The van der Waals surface area contributed by atoms with E-state index < -0.39 is 0 Å². The van der Waals surface area contributed by atoms with E-state index in [4.69, 9.17) is 0 Å². The summed E-state index contributed by atoms with van der Waals surface area (Å²) in [6.07, 6.45) is 23.8. The van der Waals surface area contributed by atoms with Crippen LogP contribution in [0.4, 0.5) is 0 Å². The number of fused-ring (bicyclic) bond motifs is 4. The fourth-order valence-corrected chi connectivity index (χ4v) is 2.83. The van der Waals surface area contributed by atoms with Crippen LogP contribution in [0.5, 0.6) is 0 Å². The van der Waals surface area contributed by atoms with Crippen molar-refractivity contribution in [2.45, 2.75) is 0 Å². The number of hydrogen-bond acceptors (Lipinski definition) is 4. The van der Waals surface area contributed by atoms with Gasteiger partial charge >= 0.3 is 10.1 Å². The standard InChI is InChI=1S/C20H12N4.Be.2H/c1-2-14-10-16-5-6-18(23-16)12-20-8-7-19(24-20)11-17-4-3-15(22-17)9-13(1)21-14;;;/h1-12H;;;/q;+2;2*-1. The van der Waals surface area contributed by atoms with E-state index in [1.807, 2.05) is 72.9 Å². The Morgan fingerprint density at radius 3 is 0.880 bits per heavy atom. The third-order valence-corrected chi connectivity index (χ3v) is 3.92. The van der Waals surface area contributed by atoms with Gasteiger partial charge in [0.15, 0.2) is 0 Å². The van der Waals surface area contributed by atoms with Gasteiger partial charge in [0.1, 0.15) is 0 Å². The molecule has 5 heterocycles. The van der Waals surface area contributed by atoms with Crippen molar-refractivity contribution in [2.75, 3.05) is 0 Å². The molecule has 0 spiro atoms. The largest absolute Gasteiger partial charge is 2.00 e. The molecule has 0 aliphatic carbocycles. The van der Waals surface area contributed by atoms with Crippen LogP contribution < -0.4 is 0 Å². The van der Waals surface area contributed by atoms with E-state index in [2.05, 4.69) is 20.0 Å². The van der Waals surface area contributed by atoms with Crippen molar-refractivity contribution in [2.24, 2.45) is 20.0 Å². The zero-order valence-corrected chi connectivity index (χ0v) is 13.4. The van der Waals surface area contributed by atoms with Gasteiger partial charge in [0.05, 0.1) is 45.6 Å². The summed E-state index contributed by atoms with van der Waals surface area (Å²) < 4.78 is 0. The quantitative estimate of drug-likeness (QED) is 0.614. The fourth-order valence-electron chi connectivity index (χ4n) is 2.83. The molecule has 0 fully saturated rings.